The normalized spacial score (nSPS) is 23.2. The highest BCUT2D eigenvalue weighted by Crippen LogP contribution is 2.41. The molecule has 1 aliphatic carbocycles. The molecule has 2 amide bonds. The second kappa shape index (κ2) is 4.52. The molecule has 0 radical (unpaired) electrons. The molecule has 1 aromatic carbocycles. The lowest BCUT2D eigenvalue weighted by atomic mass is 9.89. The number of carbonyl (C=O) groups is 1. The van der Waals surface area contributed by atoms with Gasteiger partial charge in [-0.05, 0) is 37.0 Å². The number of urea groups is 1. The molecule has 2 aliphatic rings. The summed E-state index contributed by atoms with van der Waals surface area (Å²) in [4.78, 5) is 11.7. The lowest BCUT2D eigenvalue weighted by molar-refractivity contribution is 0.240. The van der Waals surface area contributed by atoms with Crippen LogP contribution in [-0.2, 0) is 0 Å². The maximum Gasteiger partial charge on any atom is 0.319 e. The molecule has 4 nitrogen and oxygen atoms in total. The molecular formula is C14H18N2O2. The first-order valence-corrected chi connectivity index (χ1v) is 6.53. The van der Waals surface area contributed by atoms with Gasteiger partial charge >= 0.3 is 6.03 Å². The Hall–Kier alpha value is -1.71. The Morgan fingerprint density at radius 1 is 1.28 bits per heavy atom. The molecule has 0 spiro atoms. The van der Waals surface area contributed by atoms with Gasteiger partial charge in [-0.15, -0.1) is 0 Å². The van der Waals surface area contributed by atoms with E-state index in [1.807, 2.05) is 18.2 Å². The van der Waals surface area contributed by atoms with Crippen LogP contribution in [0.15, 0.2) is 18.2 Å². The van der Waals surface area contributed by atoms with Gasteiger partial charge in [0.05, 0.1) is 13.2 Å². The number of fused-ring (bicyclic) bond motifs is 1. The predicted octanol–water partition coefficient (Wildman–Crippen LogP) is 3.06. The minimum atomic E-state index is -0.0930. The highest BCUT2D eigenvalue weighted by atomic mass is 16.5. The lowest BCUT2D eigenvalue weighted by Gasteiger charge is -2.31. The second-order valence-electron chi connectivity index (χ2n) is 5.07. The largest absolute Gasteiger partial charge is 0.497 e. The van der Waals surface area contributed by atoms with Crippen molar-refractivity contribution in [1.82, 2.24) is 5.32 Å². The Morgan fingerprint density at radius 3 is 2.78 bits per heavy atom. The first kappa shape index (κ1) is 11.4. The minimum Gasteiger partial charge on any atom is -0.497 e. The van der Waals surface area contributed by atoms with Gasteiger partial charge in [-0.25, -0.2) is 4.79 Å². The fourth-order valence-corrected chi connectivity index (χ4v) is 3.08. The van der Waals surface area contributed by atoms with Crippen LogP contribution in [0.2, 0.25) is 0 Å². The van der Waals surface area contributed by atoms with Crippen molar-refractivity contribution in [3.8, 4) is 5.75 Å². The van der Waals surface area contributed by atoms with E-state index in [1.165, 1.54) is 25.7 Å². The van der Waals surface area contributed by atoms with Gasteiger partial charge in [0, 0.05) is 11.3 Å². The number of amides is 2. The summed E-state index contributed by atoms with van der Waals surface area (Å²) in [5, 5.41) is 5.92. The summed E-state index contributed by atoms with van der Waals surface area (Å²) in [6.45, 7) is 0. The summed E-state index contributed by atoms with van der Waals surface area (Å²) in [6.07, 6.45) is 4.93. The summed E-state index contributed by atoms with van der Waals surface area (Å²) < 4.78 is 5.28. The Bertz CT molecular complexity index is 467. The number of anilines is 1. The molecule has 1 atom stereocenters. The predicted molar refractivity (Wildman–Crippen MR) is 69.8 cm³/mol. The van der Waals surface area contributed by atoms with E-state index in [0.29, 0.717) is 5.92 Å². The first-order chi connectivity index (χ1) is 8.78. The molecular weight excluding hydrogens is 228 g/mol. The van der Waals surface area contributed by atoms with Crippen molar-refractivity contribution >= 4 is 11.7 Å². The van der Waals surface area contributed by atoms with Crippen molar-refractivity contribution < 1.29 is 9.53 Å². The van der Waals surface area contributed by atoms with Gasteiger partial charge < -0.3 is 15.4 Å². The summed E-state index contributed by atoms with van der Waals surface area (Å²) in [5.74, 6) is 1.40. The highest BCUT2D eigenvalue weighted by molar-refractivity contribution is 5.93. The number of rotatable bonds is 2. The quantitative estimate of drug-likeness (QED) is 0.842. The molecule has 1 unspecified atom stereocenters. The molecule has 4 heteroatoms. The molecule has 1 saturated carbocycles. The highest BCUT2D eigenvalue weighted by Gasteiger charge is 2.32. The first-order valence-electron chi connectivity index (χ1n) is 6.53. The maximum absolute atomic E-state index is 11.7. The monoisotopic (exact) mass is 246 g/mol. The Labute approximate surface area is 107 Å². The zero-order valence-corrected chi connectivity index (χ0v) is 10.5. The smallest absolute Gasteiger partial charge is 0.319 e. The third-order valence-electron chi connectivity index (χ3n) is 4.00. The van der Waals surface area contributed by atoms with Crippen LogP contribution >= 0.6 is 0 Å². The SMILES string of the molecule is COc1ccc2c(c1)C(C1CCCC1)NC(=O)N2. The van der Waals surface area contributed by atoms with Gasteiger partial charge in [0.2, 0.25) is 0 Å². The van der Waals surface area contributed by atoms with Crippen LogP contribution in [0.1, 0.15) is 37.3 Å². The molecule has 1 aromatic rings. The van der Waals surface area contributed by atoms with Crippen molar-refractivity contribution in [2.75, 3.05) is 12.4 Å². The van der Waals surface area contributed by atoms with Crippen LogP contribution in [0, 0.1) is 5.92 Å². The number of ether oxygens (including phenoxy) is 1. The van der Waals surface area contributed by atoms with E-state index in [4.69, 9.17) is 4.74 Å². The minimum absolute atomic E-state index is 0.0930. The Kier molecular flexibility index (Phi) is 2.86. The number of benzene rings is 1. The number of nitrogens with one attached hydrogen (secondary N) is 2. The van der Waals surface area contributed by atoms with Crippen LogP contribution in [0.3, 0.4) is 0 Å². The van der Waals surface area contributed by atoms with Gasteiger partial charge in [-0.3, -0.25) is 0 Å². The third-order valence-corrected chi connectivity index (χ3v) is 4.00. The molecule has 1 aliphatic heterocycles. The standard InChI is InChI=1S/C14H18N2O2/c1-18-10-6-7-12-11(8-10)13(16-14(17)15-12)9-4-2-3-5-9/h6-9,13H,2-5H2,1H3,(H2,15,16,17). The second-order valence-corrected chi connectivity index (χ2v) is 5.07. The van der Waals surface area contributed by atoms with Crippen LogP contribution < -0.4 is 15.4 Å². The van der Waals surface area contributed by atoms with Crippen molar-refractivity contribution in [2.24, 2.45) is 5.92 Å². The maximum atomic E-state index is 11.7. The summed E-state index contributed by atoms with van der Waals surface area (Å²) in [7, 11) is 1.67. The average molecular weight is 246 g/mol. The Morgan fingerprint density at radius 2 is 2.06 bits per heavy atom. The van der Waals surface area contributed by atoms with Gasteiger partial charge in [0.1, 0.15) is 5.75 Å². The van der Waals surface area contributed by atoms with Crippen LogP contribution in [0.25, 0.3) is 0 Å². The van der Waals surface area contributed by atoms with Gasteiger partial charge in [-0.1, -0.05) is 12.8 Å². The molecule has 1 fully saturated rings. The molecule has 2 N–H and O–H groups in total. The summed E-state index contributed by atoms with van der Waals surface area (Å²) in [6, 6.07) is 5.88. The molecule has 1 heterocycles. The average Bonchev–Trinajstić information content (AvgIpc) is 2.91. The van der Waals surface area contributed by atoms with E-state index in [0.717, 1.165) is 17.0 Å². The lowest BCUT2D eigenvalue weighted by Crippen LogP contribution is -2.40. The number of methoxy groups -OCH3 is 1. The zero-order chi connectivity index (χ0) is 12.5. The van der Waals surface area contributed by atoms with E-state index in [2.05, 4.69) is 10.6 Å². The van der Waals surface area contributed by atoms with Crippen LogP contribution in [-0.4, -0.2) is 13.1 Å². The van der Waals surface area contributed by atoms with Crippen molar-refractivity contribution in [1.29, 1.82) is 0 Å². The van der Waals surface area contributed by atoms with E-state index in [9.17, 15) is 4.79 Å². The number of carbonyl (C=O) groups excluding carboxylic acids is 1. The van der Waals surface area contributed by atoms with Gasteiger partial charge in [0.25, 0.3) is 0 Å². The summed E-state index contributed by atoms with van der Waals surface area (Å²) in [5.41, 5.74) is 2.07. The van der Waals surface area contributed by atoms with E-state index in [-0.39, 0.29) is 12.1 Å². The van der Waals surface area contributed by atoms with E-state index in [1.54, 1.807) is 7.11 Å². The molecule has 0 saturated heterocycles. The number of hydrogen-bond donors (Lipinski definition) is 2. The van der Waals surface area contributed by atoms with Crippen molar-refractivity contribution in [3.63, 3.8) is 0 Å². The van der Waals surface area contributed by atoms with Crippen LogP contribution in [0.5, 0.6) is 5.75 Å². The fraction of sp³-hybridized carbons (Fsp3) is 0.500. The molecule has 3 rings (SSSR count). The summed E-state index contributed by atoms with van der Waals surface area (Å²) >= 11 is 0. The Balaban J connectivity index is 1.98. The van der Waals surface area contributed by atoms with E-state index < -0.39 is 0 Å². The number of hydrogen-bond acceptors (Lipinski definition) is 2. The van der Waals surface area contributed by atoms with E-state index >= 15 is 0 Å². The topological polar surface area (TPSA) is 50.4 Å². The van der Waals surface area contributed by atoms with Gasteiger partial charge in [-0.2, -0.15) is 0 Å². The van der Waals surface area contributed by atoms with Gasteiger partial charge in [0.15, 0.2) is 0 Å². The van der Waals surface area contributed by atoms with Crippen molar-refractivity contribution in [3.05, 3.63) is 23.8 Å². The van der Waals surface area contributed by atoms with Crippen molar-refractivity contribution in [2.45, 2.75) is 31.7 Å². The van der Waals surface area contributed by atoms with Crippen LogP contribution in [0.4, 0.5) is 10.5 Å². The third kappa shape index (κ3) is 1.92. The zero-order valence-electron chi connectivity index (χ0n) is 10.5. The fourth-order valence-electron chi connectivity index (χ4n) is 3.08. The molecule has 0 aromatic heterocycles. The molecule has 0 bridgehead atoms. The molecule has 96 valence electrons. The molecule has 18 heavy (non-hydrogen) atoms.